The van der Waals surface area contributed by atoms with Crippen molar-refractivity contribution >= 4 is 28.1 Å². The minimum Gasteiger partial charge on any atom is -0.445 e. The fraction of sp³-hybridized carbons (Fsp3) is 0.185. The first-order chi connectivity index (χ1) is 17.7. The molecule has 0 saturated carbocycles. The fourth-order valence-corrected chi connectivity index (χ4v) is 5.40. The first-order valence-electron chi connectivity index (χ1n) is 11.8. The molecule has 4 aromatic heterocycles. The summed E-state index contributed by atoms with van der Waals surface area (Å²) in [5.74, 6) is 0.451. The molecule has 1 saturated heterocycles. The average molecular weight is 497 g/mol. The van der Waals surface area contributed by atoms with Gasteiger partial charge in [0, 0.05) is 48.3 Å². The van der Waals surface area contributed by atoms with Gasteiger partial charge in [-0.2, -0.15) is 0 Å². The van der Waals surface area contributed by atoms with Gasteiger partial charge in [0.05, 0.1) is 17.9 Å². The smallest absolute Gasteiger partial charge is 0.274 e. The van der Waals surface area contributed by atoms with Crippen LogP contribution in [0.2, 0.25) is 0 Å². The summed E-state index contributed by atoms with van der Waals surface area (Å²) in [6.45, 7) is 1.57. The predicted octanol–water partition coefficient (Wildman–Crippen LogP) is 5.64. The van der Waals surface area contributed by atoms with Crippen LogP contribution in [0.15, 0.2) is 89.4 Å². The quantitative estimate of drug-likeness (QED) is 0.314. The van der Waals surface area contributed by atoms with Crippen molar-refractivity contribution in [2.45, 2.75) is 25.4 Å². The maximum atomic E-state index is 13.0. The summed E-state index contributed by atoms with van der Waals surface area (Å²) >= 11 is 1.46. The number of benzene rings is 1. The normalized spacial score (nSPS) is 15.3. The minimum atomic E-state index is -0.166. The molecule has 1 atom stereocenters. The number of carbonyl (C=O) groups excluding carboxylic acids is 1. The van der Waals surface area contributed by atoms with Crippen molar-refractivity contribution in [3.05, 3.63) is 102 Å². The Morgan fingerprint density at radius 2 is 1.97 bits per heavy atom. The van der Waals surface area contributed by atoms with E-state index in [1.54, 1.807) is 24.9 Å². The molecule has 9 heteroatoms. The van der Waals surface area contributed by atoms with Crippen LogP contribution in [-0.4, -0.2) is 32.0 Å². The number of oxazole rings is 1. The van der Waals surface area contributed by atoms with Crippen molar-refractivity contribution in [3.63, 3.8) is 0 Å². The molecule has 0 spiro atoms. The Labute approximate surface area is 212 Å². The highest BCUT2D eigenvalue weighted by molar-refractivity contribution is 7.14. The summed E-state index contributed by atoms with van der Waals surface area (Å²) < 4.78 is 7.33. The Hall–Kier alpha value is -4.24. The summed E-state index contributed by atoms with van der Waals surface area (Å²) in [6.07, 6.45) is 10.8. The van der Waals surface area contributed by atoms with Crippen LogP contribution in [0.3, 0.4) is 0 Å². The van der Waals surface area contributed by atoms with Crippen LogP contribution in [0, 0.1) is 0 Å². The van der Waals surface area contributed by atoms with Gasteiger partial charge >= 0.3 is 0 Å². The van der Waals surface area contributed by atoms with Crippen molar-refractivity contribution < 1.29 is 9.21 Å². The summed E-state index contributed by atoms with van der Waals surface area (Å²) in [5, 5.41) is 5.65. The molecule has 1 fully saturated rings. The summed E-state index contributed by atoms with van der Waals surface area (Å²) in [4.78, 5) is 28.5. The lowest BCUT2D eigenvalue weighted by Crippen LogP contribution is -2.23. The summed E-state index contributed by atoms with van der Waals surface area (Å²) in [6, 6.07) is 16.0. The van der Waals surface area contributed by atoms with Crippen LogP contribution in [-0.2, 0) is 6.54 Å². The zero-order chi connectivity index (χ0) is 24.3. The van der Waals surface area contributed by atoms with Crippen molar-refractivity contribution in [3.8, 4) is 11.5 Å². The van der Waals surface area contributed by atoms with Gasteiger partial charge in [-0.1, -0.05) is 0 Å². The molecule has 5 aromatic rings. The molecule has 1 amide bonds. The number of amides is 1. The van der Waals surface area contributed by atoms with E-state index in [-0.39, 0.29) is 11.9 Å². The lowest BCUT2D eigenvalue weighted by molar-refractivity contribution is 0.101. The van der Waals surface area contributed by atoms with Gasteiger partial charge in [-0.05, 0) is 66.9 Å². The summed E-state index contributed by atoms with van der Waals surface area (Å²) in [5.41, 5.74) is 4.75. The van der Waals surface area contributed by atoms with Crippen LogP contribution in [0.1, 0.15) is 40.6 Å². The van der Waals surface area contributed by atoms with Crippen LogP contribution in [0.4, 0.5) is 10.8 Å². The number of hydrogen-bond donors (Lipinski definition) is 1. The summed E-state index contributed by atoms with van der Waals surface area (Å²) in [7, 11) is 0. The zero-order valence-electron chi connectivity index (χ0n) is 19.4. The molecule has 0 radical (unpaired) electrons. The van der Waals surface area contributed by atoms with Crippen molar-refractivity contribution in [1.82, 2.24) is 19.5 Å². The topological polar surface area (TPSA) is 89.1 Å². The third kappa shape index (κ3) is 4.52. The molecular weight excluding hydrogens is 472 g/mol. The van der Waals surface area contributed by atoms with E-state index < -0.39 is 0 Å². The van der Waals surface area contributed by atoms with Gasteiger partial charge in [0.2, 0.25) is 5.89 Å². The van der Waals surface area contributed by atoms with E-state index in [9.17, 15) is 4.79 Å². The van der Waals surface area contributed by atoms with Crippen molar-refractivity contribution in [2.24, 2.45) is 0 Å². The Kier molecular flexibility index (Phi) is 6.05. The Morgan fingerprint density at radius 3 is 2.78 bits per heavy atom. The maximum Gasteiger partial charge on any atom is 0.274 e. The second-order valence-corrected chi connectivity index (χ2v) is 9.50. The van der Waals surface area contributed by atoms with E-state index >= 15 is 0 Å². The van der Waals surface area contributed by atoms with Gasteiger partial charge < -0.3 is 13.9 Å². The molecule has 1 aromatic carbocycles. The highest BCUT2D eigenvalue weighted by atomic mass is 32.1. The first kappa shape index (κ1) is 22.2. The lowest BCUT2D eigenvalue weighted by Gasteiger charge is -2.25. The average Bonchev–Trinajstić information content (AvgIpc) is 3.72. The molecule has 0 unspecified atom stereocenters. The largest absolute Gasteiger partial charge is 0.445 e. The number of carbonyl (C=O) groups is 1. The molecule has 180 valence electrons. The van der Waals surface area contributed by atoms with Gasteiger partial charge in [-0.25, -0.2) is 9.97 Å². The molecule has 1 aliphatic rings. The van der Waals surface area contributed by atoms with E-state index in [1.807, 2.05) is 47.2 Å². The fourth-order valence-electron chi connectivity index (χ4n) is 4.65. The van der Waals surface area contributed by atoms with Gasteiger partial charge in [0.15, 0.2) is 5.13 Å². The molecular formula is C27H24N6O2S. The third-order valence-electron chi connectivity index (χ3n) is 6.38. The molecule has 0 aliphatic carbocycles. The van der Waals surface area contributed by atoms with Crippen LogP contribution in [0.5, 0.6) is 0 Å². The van der Waals surface area contributed by atoms with Gasteiger partial charge in [-0.3, -0.25) is 15.1 Å². The van der Waals surface area contributed by atoms with Crippen LogP contribution >= 0.6 is 11.3 Å². The zero-order valence-corrected chi connectivity index (χ0v) is 20.3. The second kappa shape index (κ2) is 9.79. The maximum absolute atomic E-state index is 13.0. The highest BCUT2D eigenvalue weighted by Gasteiger charge is 2.28. The second-order valence-electron chi connectivity index (χ2n) is 8.64. The molecule has 1 aliphatic heterocycles. The van der Waals surface area contributed by atoms with E-state index in [0.717, 1.165) is 41.9 Å². The van der Waals surface area contributed by atoms with E-state index in [4.69, 9.17) is 9.40 Å². The Morgan fingerprint density at radius 1 is 1.11 bits per heavy atom. The SMILES string of the molecule is O=C(Nc1nc([C@H]2CCCN2c2ccc(-c3ncco3)cc2)cs1)c1cccn1Cc1ccncc1. The molecule has 1 N–H and O–H groups in total. The number of rotatable bonds is 7. The number of pyridine rings is 1. The van der Waals surface area contributed by atoms with Crippen LogP contribution in [0.25, 0.3) is 11.5 Å². The lowest BCUT2D eigenvalue weighted by atomic mass is 10.1. The minimum absolute atomic E-state index is 0.166. The monoisotopic (exact) mass is 496 g/mol. The number of hydrogen-bond acceptors (Lipinski definition) is 7. The molecule has 6 rings (SSSR count). The van der Waals surface area contributed by atoms with E-state index in [1.165, 1.54) is 11.3 Å². The third-order valence-corrected chi connectivity index (χ3v) is 7.16. The van der Waals surface area contributed by atoms with E-state index in [2.05, 4.69) is 37.7 Å². The van der Waals surface area contributed by atoms with Crippen molar-refractivity contribution in [2.75, 3.05) is 16.8 Å². The van der Waals surface area contributed by atoms with Crippen LogP contribution < -0.4 is 10.2 Å². The molecule has 36 heavy (non-hydrogen) atoms. The number of anilines is 2. The number of nitrogens with zero attached hydrogens (tertiary/aromatic N) is 5. The number of aromatic nitrogens is 4. The Bertz CT molecular complexity index is 1440. The molecule has 5 heterocycles. The Balaban J connectivity index is 1.15. The first-order valence-corrected chi connectivity index (χ1v) is 12.7. The number of thiazole rings is 1. The van der Waals surface area contributed by atoms with Crippen molar-refractivity contribution in [1.29, 1.82) is 0 Å². The van der Waals surface area contributed by atoms with Gasteiger partial charge in [0.1, 0.15) is 12.0 Å². The molecule has 0 bridgehead atoms. The van der Waals surface area contributed by atoms with E-state index in [0.29, 0.717) is 23.3 Å². The predicted molar refractivity (Wildman–Crippen MR) is 139 cm³/mol. The number of nitrogens with one attached hydrogen (secondary N) is 1. The molecule has 8 nitrogen and oxygen atoms in total. The van der Waals surface area contributed by atoms with Gasteiger partial charge in [-0.15, -0.1) is 11.3 Å². The van der Waals surface area contributed by atoms with Gasteiger partial charge in [0.25, 0.3) is 5.91 Å². The standard InChI is InChI=1S/C27H24N6O2S/c34-25(24-4-1-14-32(24)17-19-9-11-28-12-10-19)31-27-30-22(18-36-27)23-3-2-15-33(23)21-7-5-20(6-8-21)26-29-13-16-35-26/h1,4-14,16,18,23H,2-3,15,17H2,(H,30,31,34)/t23-/m1/s1. The highest BCUT2D eigenvalue weighted by Crippen LogP contribution is 2.37.